The van der Waals surface area contributed by atoms with Gasteiger partial charge < -0.3 is 20.1 Å². The Hall–Kier alpha value is -2.81. The van der Waals surface area contributed by atoms with E-state index in [4.69, 9.17) is 24.3 Å². The van der Waals surface area contributed by atoms with Gasteiger partial charge in [-0.15, -0.1) is 0 Å². The molecule has 0 rings (SSSR count). The topological polar surface area (TPSA) is 134 Å². The van der Waals surface area contributed by atoms with Gasteiger partial charge >= 0.3 is 19.8 Å². The molecule has 0 amide bonds. The first-order valence-corrected chi connectivity index (χ1v) is 22.6. The van der Waals surface area contributed by atoms with Crippen molar-refractivity contribution >= 4 is 19.8 Å². The fourth-order valence-electron chi connectivity index (χ4n) is 5.12. The summed E-state index contributed by atoms with van der Waals surface area (Å²) in [6, 6.07) is 0. The zero-order chi connectivity index (χ0) is 40.3. The van der Waals surface area contributed by atoms with Gasteiger partial charge in [-0.2, -0.15) is 0 Å². The second-order valence-electron chi connectivity index (χ2n) is 13.5. The van der Waals surface area contributed by atoms with E-state index in [0.29, 0.717) is 12.8 Å². The van der Waals surface area contributed by atoms with Gasteiger partial charge in [-0.05, 0) is 83.5 Å². The van der Waals surface area contributed by atoms with Crippen LogP contribution >= 0.6 is 7.82 Å². The average molecular weight is 790 g/mol. The number of hydrogen-bond acceptors (Lipinski definition) is 8. The van der Waals surface area contributed by atoms with E-state index in [1.54, 1.807) is 0 Å². The number of phosphoric ester groups is 1. The maximum atomic E-state index is 12.5. The third kappa shape index (κ3) is 40.7. The van der Waals surface area contributed by atoms with Gasteiger partial charge in [0.25, 0.3) is 0 Å². The van der Waals surface area contributed by atoms with Crippen molar-refractivity contribution in [1.29, 1.82) is 0 Å². The van der Waals surface area contributed by atoms with Crippen molar-refractivity contribution in [2.45, 2.75) is 161 Å². The minimum Gasteiger partial charge on any atom is -0.462 e. The number of esters is 2. The van der Waals surface area contributed by atoms with Gasteiger partial charge in [0.1, 0.15) is 6.61 Å². The maximum absolute atomic E-state index is 12.5. The van der Waals surface area contributed by atoms with Gasteiger partial charge in [-0.1, -0.05) is 144 Å². The summed E-state index contributed by atoms with van der Waals surface area (Å²) in [4.78, 5) is 34.8. The molecule has 1 unspecified atom stereocenters. The van der Waals surface area contributed by atoms with Crippen LogP contribution in [0.3, 0.4) is 0 Å². The molecule has 3 N–H and O–H groups in total. The molecule has 55 heavy (non-hydrogen) atoms. The number of allylic oxidation sites excluding steroid dienone is 14. The third-order valence-corrected chi connectivity index (χ3v) is 9.25. The second-order valence-corrected chi connectivity index (χ2v) is 14.9. The summed E-state index contributed by atoms with van der Waals surface area (Å²) in [7, 11) is -4.40. The van der Waals surface area contributed by atoms with Gasteiger partial charge in [0.15, 0.2) is 6.10 Å². The molecular formula is C45H76NO8P. The molecule has 0 aliphatic heterocycles. The largest absolute Gasteiger partial charge is 0.472 e. The number of unbranched alkanes of at least 4 members (excludes halogenated alkanes) is 11. The second kappa shape index (κ2) is 40.8. The molecule has 0 saturated carbocycles. The SMILES string of the molecule is CCCCC/C=C\C/C=C\C/C=C\C/C=C\C/C=C\CCC(=O)O[C@H](COC(=O)CCCCCCC/C=C\C/C=C\CCCCC)COP(=O)(O)OCCN. The van der Waals surface area contributed by atoms with Crippen LogP contribution in [-0.2, 0) is 32.7 Å². The summed E-state index contributed by atoms with van der Waals surface area (Å²) in [6.07, 6.45) is 50.5. The molecule has 10 heteroatoms. The van der Waals surface area contributed by atoms with Crippen molar-refractivity contribution in [3.63, 3.8) is 0 Å². The van der Waals surface area contributed by atoms with Crippen molar-refractivity contribution in [1.82, 2.24) is 0 Å². The molecular weight excluding hydrogens is 713 g/mol. The van der Waals surface area contributed by atoms with Gasteiger partial charge in [0, 0.05) is 19.4 Å². The number of carbonyl (C=O) groups is 2. The molecule has 0 aromatic rings. The van der Waals surface area contributed by atoms with Crippen LogP contribution in [0.1, 0.15) is 155 Å². The molecule has 0 aromatic carbocycles. The van der Waals surface area contributed by atoms with Crippen LogP contribution in [-0.4, -0.2) is 49.3 Å². The Morgan fingerprint density at radius 3 is 1.47 bits per heavy atom. The quantitative estimate of drug-likeness (QED) is 0.0271. The number of nitrogens with two attached hydrogens (primary N) is 1. The highest BCUT2D eigenvalue weighted by molar-refractivity contribution is 7.47. The van der Waals surface area contributed by atoms with Gasteiger partial charge in [-0.3, -0.25) is 18.6 Å². The minimum absolute atomic E-state index is 0.0358. The van der Waals surface area contributed by atoms with E-state index in [2.05, 4.69) is 86.8 Å². The smallest absolute Gasteiger partial charge is 0.462 e. The number of phosphoric acid groups is 1. The molecule has 0 aromatic heterocycles. The lowest BCUT2D eigenvalue weighted by Crippen LogP contribution is -2.29. The van der Waals surface area contributed by atoms with E-state index in [9.17, 15) is 19.0 Å². The molecule has 2 atom stereocenters. The molecule has 314 valence electrons. The van der Waals surface area contributed by atoms with Crippen molar-refractivity contribution in [3.05, 3.63) is 85.1 Å². The Morgan fingerprint density at radius 1 is 0.545 bits per heavy atom. The first-order chi connectivity index (χ1) is 26.8. The maximum Gasteiger partial charge on any atom is 0.472 e. The molecule has 0 heterocycles. The molecule has 0 spiro atoms. The van der Waals surface area contributed by atoms with Crippen LogP contribution in [0, 0.1) is 0 Å². The Morgan fingerprint density at radius 2 is 0.982 bits per heavy atom. The highest BCUT2D eigenvalue weighted by Gasteiger charge is 2.25. The standard InChI is InChI=1S/C45H76NO8P/c1-3-5-7-9-11-13-15-17-19-20-21-22-24-26-28-30-32-34-36-38-45(48)54-43(42-53-55(49,50)52-40-39-46)41-51-44(47)37-35-33-31-29-27-25-23-18-16-14-12-10-8-6-4-2/h11-14,17-19,21-23,26,28,32,34,43H,3-10,15-16,20,24-25,27,29-31,33,35-42,46H2,1-2H3,(H,49,50)/b13-11-,14-12-,19-17-,22-21-,23-18-,28-26-,34-32-/t43-/m1/s1. The van der Waals surface area contributed by atoms with Crippen LogP contribution in [0.2, 0.25) is 0 Å². The molecule has 0 fully saturated rings. The predicted molar refractivity (Wildman–Crippen MR) is 229 cm³/mol. The fraction of sp³-hybridized carbons (Fsp3) is 0.644. The third-order valence-electron chi connectivity index (χ3n) is 8.27. The van der Waals surface area contributed by atoms with Crippen LogP contribution in [0.5, 0.6) is 0 Å². The van der Waals surface area contributed by atoms with E-state index in [-0.39, 0.29) is 32.6 Å². The summed E-state index contributed by atoms with van der Waals surface area (Å²) in [5.41, 5.74) is 5.34. The average Bonchev–Trinajstić information content (AvgIpc) is 3.17. The summed E-state index contributed by atoms with van der Waals surface area (Å²) < 4.78 is 32.6. The van der Waals surface area contributed by atoms with Crippen molar-refractivity contribution in [3.8, 4) is 0 Å². The van der Waals surface area contributed by atoms with E-state index in [1.165, 1.54) is 51.4 Å². The Labute approximate surface area is 334 Å². The molecule has 0 radical (unpaired) electrons. The van der Waals surface area contributed by atoms with Crippen LogP contribution in [0.15, 0.2) is 85.1 Å². The Kier molecular flexibility index (Phi) is 38.8. The van der Waals surface area contributed by atoms with E-state index < -0.39 is 32.5 Å². The summed E-state index contributed by atoms with van der Waals surface area (Å²) in [5.74, 6) is -0.950. The van der Waals surface area contributed by atoms with Gasteiger partial charge in [0.05, 0.1) is 13.2 Å². The summed E-state index contributed by atoms with van der Waals surface area (Å²) in [5, 5.41) is 0. The van der Waals surface area contributed by atoms with Gasteiger partial charge in [-0.25, -0.2) is 4.57 Å². The summed E-state index contributed by atoms with van der Waals surface area (Å²) >= 11 is 0. The van der Waals surface area contributed by atoms with Crippen LogP contribution < -0.4 is 5.73 Å². The summed E-state index contributed by atoms with van der Waals surface area (Å²) in [6.45, 7) is 3.55. The van der Waals surface area contributed by atoms with E-state index in [1.807, 2.05) is 12.2 Å². The molecule has 0 aliphatic rings. The molecule has 0 bridgehead atoms. The van der Waals surface area contributed by atoms with Crippen molar-refractivity contribution in [2.24, 2.45) is 5.73 Å². The Bertz CT molecular complexity index is 1170. The number of rotatable bonds is 38. The number of carbonyl (C=O) groups excluding carboxylic acids is 2. The van der Waals surface area contributed by atoms with Crippen LogP contribution in [0.4, 0.5) is 0 Å². The fourth-order valence-corrected chi connectivity index (χ4v) is 5.88. The first-order valence-electron chi connectivity index (χ1n) is 21.1. The monoisotopic (exact) mass is 790 g/mol. The van der Waals surface area contributed by atoms with Crippen LogP contribution in [0.25, 0.3) is 0 Å². The van der Waals surface area contributed by atoms with Crippen molar-refractivity contribution < 1.29 is 37.6 Å². The van der Waals surface area contributed by atoms with E-state index in [0.717, 1.165) is 64.2 Å². The zero-order valence-electron chi connectivity index (χ0n) is 34.4. The highest BCUT2D eigenvalue weighted by Crippen LogP contribution is 2.43. The first kappa shape index (κ1) is 52.2. The molecule has 0 saturated heterocycles. The lowest BCUT2D eigenvalue weighted by molar-refractivity contribution is -0.161. The molecule has 0 aliphatic carbocycles. The van der Waals surface area contributed by atoms with Crippen molar-refractivity contribution in [2.75, 3.05) is 26.4 Å². The normalized spacial score (nSPS) is 14.2. The predicted octanol–water partition coefficient (Wildman–Crippen LogP) is 12.0. The lowest BCUT2D eigenvalue weighted by Gasteiger charge is -2.19. The lowest BCUT2D eigenvalue weighted by atomic mass is 10.1. The Balaban J connectivity index is 4.35. The zero-order valence-corrected chi connectivity index (χ0v) is 35.3. The van der Waals surface area contributed by atoms with E-state index >= 15 is 0 Å². The minimum atomic E-state index is -4.40. The molecule has 9 nitrogen and oxygen atoms in total. The number of ether oxygens (including phenoxy) is 2. The highest BCUT2D eigenvalue weighted by atomic mass is 31.2. The van der Waals surface area contributed by atoms with Gasteiger partial charge in [0.2, 0.25) is 0 Å². The number of hydrogen-bond donors (Lipinski definition) is 2.